The first-order chi connectivity index (χ1) is 16.0. The number of hydrogen-bond donors (Lipinski definition) is 0. The summed E-state index contributed by atoms with van der Waals surface area (Å²) in [5.41, 5.74) is 0.481. The quantitative estimate of drug-likeness (QED) is 0.474. The van der Waals surface area contributed by atoms with Gasteiger partial charge in [-0.2, -0.15) is 0 Å². The van der Waals surface area contributed by atoms with Gasteiger partial charge in [-0.25, -0.2) is 4.98 Å². The zero-order chi connectivity index (χ0) is 24.8. The first-order valence-electron chi connectivity index (χ1n) is 10.4. The number of piperidine rings is 1. The molecule has 1 aliphatic rings. The monoisotopic (exact) mass is 540 g/mol. The van der Waals surface area contributed by atoms with Crippen LogP contribution in [0.1, 0.15) is 34.9 Å². The molecule has 0 aliphatic carbocycles. The molecule has 2 aromatic heterocycles. The van der Waals surface area contributed by atoms with E-state index in [1.165, 1.54) is 28.3 Å². The summed E-state index contributed by atoms with van der Waals surface area (Å²) in [6.07, 6.45) is -3.97. The average molecular weight is 541 g/mol. The van der Waals surface area contributed by atoms with Gasteiger partial charge in [0.1, 0.15) is 5.75 Å². The largest absolute Gasteiger partial charge is 0.573 e. The molecule has 1 amide bonds. The van der Waals surface area contributed by atoms with Gasteiger partial charge >= 0.3 is 17.5 Å². The second kappa shape index (κ2) is 8.90. The summed E-state index contributed by atoms with van der Waals surface area (Å²) in [4.78, 5) is 44.4. The van der Waals surface area contributed by atoms with E-state index in [2.05, 4.69) is 25.7 Å². The van der Waals surface area contributed by atoms with Crippen LogP contribution in [0.4, 0.5) is 13.2 Å². The van der Waals surface area contributed by atoms with E-state index in [1.807, 2.05) is 0 Å². The second-order valence-electron chi connectivity index (χ2n) is 8.03. The third-order valence-electron chi connectivity index (χ3n) is 5.86. The Balaban J connectivity index is 1.55. The molecule has 8 nitrogen and oxygen atoms in total. The molecule has 4 rings (SSSR count). The van der Waals surface area contributed by atoms with Crippen molar-refractivity contribution in [2.75, 3.05) is 13.1 Å². The number of benzene rings is 1. The van der Waals surface area contributed by atoms with Gasteiger partial charge in [0, 0.05) is 36.2 Å². The standard InChI is InChI=1S/C22H20BrF3N4O4/c1-12-16(23)11-17-18(27-12)30(21(33)20(32)28(17)2)14-7-9-29(10-8-14)19(31)13-3-5-15(6-4-13)34-22(24,25)26/h3-6,11,14H,7-10H2,1-2H3. The number of carbonyl (C=O) groups excluding carboxylic acids is 1. The van der Waals surface area contributed by atoms with Gasteiger partial charge in [-0.15, -0.1) is 13.2 Å². The SMILES string of the molecule is Cc1nc2c(cc1Br)n(C)c(=O)c(=O)n2C1CCN(C(=O)c2ccc(OC(F)(F)F)cc2)CC1. The Morgan fingerprint density at radius 2 is 1.74 bits per heavy atom. The van der Waals surface area contributed by atoms with Crippen molar-refractivity contribution in [2.24, 2.45) is 7.05 Å². The third kappa shape index (κ3) is 4.59. The molecule has 0 spiro atoms. The number of halogens is 4. The van der Waals surface area contributed by atoms with E-state index in [4.69, 9.17) is 0 Å². The van der Waals surface area contributed by atoms with Crippen molar-refractivity contribution < 1.29 is 22.7 Å². The van der Waals surface area contributed by atoms with Crippen molar-refractivity contribution in [3.05, 3.63) is 66.8 Å². The van der Waals surface area contributed by atoms with E-state index in [0.29, 0.717) is 47.3 Å². The lowest BCUT2D eigenvalue weighted by atomic mass is 10.0. The molecule has 1 aliphatic heterocycles. The Hall–Kier alpha value is -3.15. The number of alkyl halides is 3. The van der Waals surface area contributed by atoms with Crippen LogP contribution in [0.15, 0.2) is 44.4 Å². The number of likely N-dealkylation sites (tertiary alicyclic amines) is 1. The third-order valence-corrected chi connectivity index (χ3v) is 6.66. The van der Waals surface area contributed by atoms with Crippen LogP contribution in [0.25, 0.3) is 11.2 Å². The molecule has 0 bridgehead atoms. The maximum absolute atomic E-state index is 12.9. The van der Waals surface area contributed by atoms with Crippen LogP contribution in [-0.2, 0) is 7.05 Å². The lowest BCUT2D eigenvalue weighted by Crippen LogP contribution is -2.46. The Morgan fingerprint density at radius 3 is 2.32 bits per heavy atom. The molecule has 0 saturated carbocycles. The number of aryl methyl sites for hydroxylation is 2. The van der Waals surface area contributed by atoms with Crippen LogP contribution in [0.3, 0.4) is 0 Å². The van der Waals surface area contributed by atoms with E-state index in [9.17, 15) is 27.6 Å². The number of nitrogens with zero attached hydrogens (tertiary/aromatic N) is 4. The minimum atomic E-state index is -4.81. The minimum absolute atomic E-state index is 0.228. The second-order valence-corrected chi connectivity index (χ2v) is 8.89. The van der Waals surface area contributed by atoms with Gasteiger partial charge < -0.3 is 14.2 Å². The smallest absolute Gasteiger partial charge is 0.406 e. The molecular weight excluding hydrogens is 521 g/mol. The Kier molecular flexibility index (Phi) is 6.28. The summed E-state index contributed by atoms with van der Waals surface area (Å²) in [6, 6.07) is 6.15. The molecule has 3 heterocycles. The van der Waals surface area contributed by atoms with Gasteiger partial charge in [-0.1, -0.05) is 0 Å². The number of aromatic nitrogens is 3. The lowest BCUT2D eigenvalue weighted by molar-refractivity contribution is -0.274. The van der Waals surface area contributed by atoms with Gasteiger partial charge in [0.25, 0.3) is 5.91 Å². The number of pyridine rings is 1. The summed E-state index contributed by atoms with van der Waals surface area (Å²) in [6.45, 7) is 2.40. The Labute approximate surface area is 199 Å². The number of carbonyl (C=O) groups is 1. The van der Waals surface area contributed by atoms with Crippen LogP contribution in [0.2, 0.25) is 0 Å². The molecule has 180 valence electrons. The zero-order valence-corrected chi connectivity index (χ0v) is 19.8. The van der Waals surface area contributed by atoms with Gasteiger partial charge in [0.15, 0.2) is 5.65 Å². The Morgan fingerprint density at radius 1 is 1.12 bits per heavy atom. The fourth-order valence-electron chi connectivity index (χ4n) is 4.08. The van der Waals surface area contributed by atoms with Crippen LogP contribution in [0, 0.1) is 6.92 Å². The molecule has 0 N–H and O–H groups in total. The summed E-state index contributed by atoms with van der Waals surface area (Å²) < 4.78 is 44.2. The van der Waals surface area contributed by atoms with Gasteiger partial charge in [0.2, 0.25) is 0 Å². The number of ether oxygens (including phenoxy) is 1. The molecule has 0 radical (unpaired) electrons. The number of amides is 1. The van der Waals surface area contributed by atoms with Crippen molar-refractivity contribution in [1.29, 1.82) is 0 Å². The average Bonchev–Trinajstić information content (AvgIpc) is 2.79. The highest BCUT2D eigenvalue weighted by Gasteiger charge is 2.31. The van der Waals surface area contributed by atoms with Gasteiger partial charge in [-0.05, 0) is 66.0 Å². The lowest BCUT2D eigenvalue weighted by Gasteiger charge is -2.33. The first kappa shape index (κ1) is 24.0. The van der Waals surface area contributed by atoms with Gasteiger partial charge in [0.05, 0.1) is 11.2 Å². The molecule has 1 fully saturated rings. The molecule has 12 heteroatoms. The van der Waals surface area contributed by atoms with E-state index in [-0.39, 0.29) is 17.5 Å². The summed E-state index contributed by atoms with van der Waals surface area (Å²) >= 11 is 3.41. The van der Waals surface area contributed by atoms with Crippen LogP contribution in [0.5, 0.6) is 5.75 Å². The molecule has 1 saturated heterocycles. The van der Waals surface area contributed by atoms with Crippen molar-refractivity contribution >= 4 is 33.0 Å². The summed E-state index contributed by atoms with van der Waals surface area (Å²) in [5, 5.41) is 0. The van der Waals surface area contributed by atoms with Crippen molar-refractivity contribution in [3.63, 3.8) is 0 Å². The van der Waals surface area contributed by atoms with E-state index >= 15 is 0 Å². The molecule has 0 atom stereocenters. The van der Waals surface area contributed by atoms with Crippen molar-refractivity contribution in [3.8, 4) is 5.75 Å². The van der Waals surface area contributed by atoms with Crippen LogP contribution < -0.4 is 15.9 Å². The highest BCUT2D eigenvalue weighted by Crippen LogP contribution is 2.27. The highest BCUT2D eigenvalue weighted by molar-refractivity contribution is 9.10. The Bertz CT molecular complexity index is 1370. The molecule has 34 heavy (non-hydrogen) atoms. The fraction of sp³-hybridized carbons (Fsp3) is 0.364. The maximum Gasteiger partial charge on any atom is 0.573 e. The number of hydrogen-bond acceptors (Lipinski definition) is 5. The predicted molar refractivity (Wildman–Crippen MR) is 121 cm³/mol. The van der Waals surface area contributed by atoms with E-state index in [1.54, 1.807) is 17.9 Å². The highest BCUT2D eigenvalue weighted by atomic mass is 79.9. The molecule has 3 aromatic rings. The summed E-state index contributed by atoms with van der Waals surface area (Å²) in [7, 11) is 1.52. The van der Waals surface area contributed by atoms with Gasteiger partial charge in [-0.3, -0.25) is 19.0 Å². The number of fused-ring (bicyclic) bond motifs is 1. The summed E-state index contributed by atoms with van der Waals surface area (Å²) in [5.74, 6) is -0.745. The maximum atomic E-state index is 12.9. The van der Waals surface area contributed by atoms with Crippen molar-refractivity contribution in [1.82, 2.24) is 19.0 Å². The van der Waals surface area contributed by atoms with Crippen LogP contribution in [-0.4, -0.2) is 44.4 Å². The fourth-order valence-corrected chi connectivity index (χ4v) is 4.39. The topological polar surface area (TPSA) is 86.4 Å². The molecule has 0 unspecified atom stereocenters. The number of rotatable bonds is 3. The first-order valence-corrected chi connectivity index (χ1v) is 11.2. The van der Waals surface area contributed by atoms with E-state index < -0.39 is 23.2 Å². The predicted octanol–water partition coefficient (Wildman–Crippen LogP) is 3.54. The zero-order valence-electron chi connectivity index (χ0n) is 18.2. The van der Waals surface area contributed by atoms with Crippen LogP contribution >= 0.6 is 15.9 Å². The van der Waals surface area contributed by atoms with E-state index in [0.717, 1.165) is 12.1 Å². The molecular formula is C22H20BrF3N4O4. The normalized spacial score (nSPS) is 15.1. The molecule has 1 aromatic carbocycles. The van der Waals surface area contributed by atoms with Crippen molar-refractivity contribution in [2.45, 2.75) is 32.2 Å². The minimum Gasteiger partial charge on any atom is -0.406 e.